The SMILES string of the molecule is CC(C)C1CCCCC1NC(=O)c1cc(N)c(Cl)c(Cl)c1. The highest BCUT2D eigenvalue weighted by Gasteiger charge is 2.29. The van der Waals surface area contributed by atoms with Gasteiger partial charge in [-0.2, -0.15) is 0 Å². The summed E-state index contributed by atoms with van der Waals surface area (Å²) in [4.78, 5) is 12.4. The fraction of sp³-hybridized carbons (Fsp3) is 0.562. The second-order valence-corrected chi connectivity index (χ2v) is 6.92. The van der Waals surface area contributed by atoms with E-state index < -0.39 is 0 Å². The van der Waals surface area contributed by atoms with E-state index >= 15 is 0 Å². The van der Waals surface area contributed by atoms with E-state index in [1.807, 2.05) is 0 Å². The molecule has 2 rings (SSSR count). The van der Waals surface area contributed by atoms with Crippen molar-refractivity contribution in [1.29, 1.82) is 0 Å². The maximum atomic E-state index is 12.4. The van der Waals surface area contributed by atoms with E-state index in [1.54, 1.807) is 12.1 Å². The quantitative estimate of drug-likeness (QED) is 0.801. The molecular weight excluding hydrogens is 307 g/mol. The number of carbonyl (C=O) groups is 1. The van der Waals surface area contributed by atoms with Crippen LogP contribution in [-0.2, 0) is 0 Å². The van der Waals surface area contributed by atoms with Crippen LogP contribution >= 0.6 is 23.2 Å². The Morgan fingerprint density at radius 3 is 2.57 bits per heavy atom. The molecule has 1 fully saturated rings. The molecule has 1 amide bonds. The van der Waals surface area contributed by atoms with Crippen LogP contribution in [-0.4, -0.2) is 11.9 Å². The number of benzene rings is 1. The summed E-state index contributed by atoms with van der Waals surface area (Å²) in [6.07, 6.45) is 4.62. The fourth-order valence-electron chi connectivity index (χ4n) is 3.13. The van der Waals surface area contributed by atoms with E-state index in [-0.39, 0.29) is 11.9 Å². The molecule has 0 aliphatic heterocycles. The van der Waals surface area contributed by atoms with Gasteiger partial charge in [0.2, 0.25) is 0 Å². The molecule has 2 unspecified atom stereocenters. The molecule has 0 spiro atoms. The Bertz CT molecular complexity index is 508. The van der Waals surface area contributed by atoms with E-state index in [4.69, 9.17) is 28.9 Å². The van der Waals surface area contributed by atoms with E-state index in [9.17, 15) is 4.79 Å². The number of hydrogen-bond donors (Lipinski definition) is 2. The van der Waals surface area contributed by atoms with Crippen molar-refractivity contribution in [3.05, 3.63) is 27.7 Å². The van der Waals surface area contributed by atoms with Gasteiger partial charge >= 0.3 is 0 Å². The summed E-state index contributed by atoms with van der Waals surface area (Å²) in [7, 11) is 0. The Kier molecular flexibility index (Phi) is 5.39. The Hall–Kier alpha value is -0.930. The normalized spacial score (nSPS) is 22.3. The minimum absolute atomic E-state index is 0.127. The van der Waals surface area contributed by atoms with Gasteiger partial charge in [-0.1, -0.05) is 49.9 Å². The molecule has 3 nitrogen and oxygen atoms in total. The second kappa shape index (κ2) is 6.89. The zero-order chi connectivity index (χ0) is 15.6. The average molecular weight is 329 g/mol. The monoisotopic (exact) mass is 328 g/mol. The molecule has 0 bridgehead atoms. The first kappa shape index (κ1) is 16.4. The molecule has 116 valence electrons. The summed E-state index contributed by atoms with van der Waals surface area (Å²) in [6.45, 7) is 4.43. The van der Waals surface area contributed by atoms with Crippen molar-refractivity contribution in [2.75, 3.05) is 5.73 Å². The van der Waals surface area contributed by atoms with Crippen LogP contribution in [0.3, 0.4) is 0 Å². The van der Waals surface area contributed by atoms with Gasteiger partial charge in [0, 0.05) is 11.6 Å². The molecule has 1 aliphatic rings. The summed E-state index contributed by atoms with van der Waals surface area (Å²) in [6, 6.07) is 3.38. The van der Waals surface area contributed by atoms with Crippen LogP contribution in [0.5, 0.6) is 0 Å². The van der Waals surface area contributed by atoms with Gasteiger partial charge in [0.05, 0.1) is 15.7 Å². The smallest absolute Gasteiger partial charge is 0.251 e. The molecule has 1 aromatic carbocycles. The molecule has 21 heavy (non-hydrogen) atoms. The number of hydrogen-bond acceptors (Lipinski definition) is 2. The van der Waals surface area contributed by atoms with Crippen molar-refractivity contribution in [2.24, 2.45) is 11.8 Å². The predicted octanol–water partition coefficient (Wildman–Crippen LogP) is 4.52. The summed E-state index contributed by atoms with van der Waals surface area (Å²) < 4.78 is 0. The Morgan fingerprint density at radius 1 is 1.29 bits per heavy atom. The molecule has 1 aliphatic carbocycles. The molecule has 0 radical (unpaired) electrons. The van der Waals surface area contributed by atoms with Gasteiger partial charge in [-0.3, -0.25) is 4.79 Å². The van der Waals surface area contributed by atoms with Crippen molar-refractivity contribution in [3.63, 3.8) is 0 Å². The largest absolute Gasteiger partial charge is 0.397 e. The number of halogens is 2. The van der Waals surface area contributed by atoms with Crippen LogP contribution in [0.4, 0.5) is 5.69 Å². The first-order valence-electron chi connectivity index (χ1n) is 7.45. The Labute approximate surface area is 136 Å². The van der Waals surface area contributed by atoms with Gasteiger partial charge < -0.3 is 11.1 Å². The molecule has 0 saturated heterocycles. The summed E-state index contributed by atoms with van der Waals surface area (Å²) in [5.74, 6) is 0.968. The van der Waals surface area contributed by atoms with Crippen molar-refractivity contribution >= 4 is 34.8 Å². The molecule has 0 aromatic heterocycles. The number of nitrogens with two attached hydrogens (primary N) is 1. The standard InChI is InChI=1S/C16H22Cl2N2O/c1-9(2)11-5-3-4-6-14(11)20-16(21)10-7-12(17)15(18)13(19)8-10/h7-9,11,14H,3-6,19H2,1-2H3,(H,20,21). The van der Waals surface area contributed by atoms with Crippen LogP contribution in [0.2, 0.25) is 10.0 Å². The van der Waals surface area contributed by atoms with Gasteiger partial charge in [-0.15, -0.1) is 0 Å². The summed E-state index contributed by atoms with van der Waals surface area (Å²) >= 11 is 11.9. The van der Waals surface area contributed by atoms with E-state index in [0.29, 0.717) is 33.1 Å². The first-order chi connectivity index (χ1) is 9.90. The Balaban J connectivity index is 2.13. The predicted molar refractivity (Wildman–Crippen MR) is 88.9 cm³/mol. The van der Waals surface area contributed by atoms with Crippen molar-refractivity contribution in [2.45, 2.75) is 45.6 Å². The van der Waals surface area contributed by atoms with Gasteiger partial charge in [0.1, 0.15) is 0 Å². The van der Waals surface area contributed by atoms with E-state index in [2.05, 4.69) is 19.2 Å². The maximum absolute atomic E-state index is 12.4. The molecule has 5 heteroatoms. The molecular formula is C16H22Cl2N2O. The third kappa shape index (κ3) is 3.83. The van der Waals surface area contributed by atoms with Crippen molar-refractivity contribution in [3.8, 4) is 0 Å². The first-order valence-corrected chi connectivity index (χ1v) is 8.21. The van der Waals surface area contributed by atoms with Gasteiger partial charge in [-0.05, 0) is 36.8 Å². The molecule has 2 atom stereocenters. The number of carbonyl (C=O) groups excluding carboxylic acids is 1. The third-order valence-electron chi connectivity index (χ3n) is 4.31. The molecule has 3 N–H and O–H groups in total. The molecule has 1 aromatic rings. The van der Waals surface area contributed by atoms with Crippen molar-refractivity contribution in [1.82, 2.24) is 5.32 Å². The highest BCUT2D eigenvalue weighted by molar-refractivity contribution is 6.43. The van der Waals surface area contributed by atoms with Crippen LogP contribution in [0.15, 0.2) is 12.1 Å². The highest BCUT2D eigenvalue weighted by Crippen LogP contribution is 2.32. The maximum Gasteiger partial charge on any atom is 0.251 e. The van der Waals surface area contributed by atoms with Crippen molar-refractivity contribution < 1.29 is 4.79 Å². The fourth-order valence-corrected chi connectivity index (χ4v) is 3.47. The second-order valence-electron chi connectivity index (χ2n) is 6.13. The number of rotatable bonds is 3. The topological polar surface area (TPSA) is 55.1 Å². The lowest BCUT2D eigenvalue weighted by Gasteiger charge is -2.35. The molecule has 0 heterocycles. The van der Waals surface area contributed by atoms with Gasteiger partial charge in [-0.25, -0.2) is 0 Å². The third-order valence-corrected chi connectivity index (χ3v) is 5.13. The lowest BCUT2D eigenvalue weighted by atomic mass is 9.78. The summed E-state index contributed by atoms with van der Waals surface area (Å²) in [5.41, 5.74) is 6.57. The van der Waals surface area contributed by atoms with Crippen LogP contribution in [0, 0.1) is 11.8 Å². The minimum atomic E-state index is -0.127. The average Bonchev–Trinajstić information content (AvgIpc) is 2.44. The lowest BCUT2D eigenvalue weighted by Crippen LogP contribution is -2.43. The number of amides is 1. The number of anilines is 1. The van der Waals surface area contributed by atoms with Gasteiger partial charge in [0.15, 0.2) is 0 Å². The lowest BCUT2D eigenvalue weighted by molar-refractivity contribution is 0.0889. The van der Waals surface area contributed by atoms with E-state index in [0.717, 1.165) is 12.8 Å². The Morgan fingerprint density at radius 2 is 1.95 bits per heavy atom. The van der Waals surface area contributed by atoms with E-state index in [1.165, 1.54) is 12.8 Å². The zero-order valence-electron chi connectivity index (χ0n) is 12.5. The number of nitrogen functional groups attached to an aromatic ring is 1. The highest BCUT2D eigenvalue weighted by atomic mass is 35.5. The van der Waals surface area contributed by atoms with Gasteiger partial charge in [0.25, 0.3) is 5.91 Å². The van der Waals surface area contributed by atoms with Crippen LogP contribution in [0.25, 0.3) is 0 Å². The summed E-state index contributed by atoms with van der Waals surface area (Å²) in [5, 5.41) is 3.75. The van der Waals surface area contributed by atoms with Crippen LogP contribution < -0.4 is 11.1 Å². The minimum Gasteiger partial charge on any atom is -0.397 e. The zero-order valence-corrected chi connectivity index (χ0v) is 14.0. The number of nitrogens with one attached hydrogen (secondary N) is 1. The molecule has 1 saturated carbocycles. The van der Waals surface area contributed by atoms with Crippen LogP contribution in [0.1, 0.15) is 49.9 Å².